The third-order valence-corrected chi connectivity index (χ3v) is 2.37. The summed E-state index contributed by atoms with van der Waals surface area (Å²) in [7, 11) is 0. The number of rotatable bonds is 1. The summed E-state index contributed by atoms with van der Waals surface area (Å²) in [5.41, 5.74) is 0. The summed E-state index contributed by atoms with van der Waals surface area (Å²) in [4.78, 5) is 0. The van der Waals surface area contributed by atoms with Gasteiger partial charge in [0.25, 0.3) is 0 Å². The maximum absolute atomic E-state index is 8.74. The lowest BCUT2D eigenvalue weighted by molar-refractivity contribution is 0.205. The Balaban J connectivity index is 2.30. The average Bonchev–Trinajstić information content (AvgIpc) is 1.89. The van der Waals surface area contributed by atoms with Crippen molar-refractivity contribution in [3.05, 3.63) is 6.61 Å². The minimum atomic E-state index is 0.485. The minimum Gasteiger partial charge on any atom is -0.390 e. The van der Waals surface area contributed by atoms with Gasteiger partial charge in [0.15, 0.2) is 0 Å². The Morgan fingerprint density at radius 3 is 2.44 bits per heavy atom. The highest BCUT2D eigenvalue weighted by molar-refractivity contribution is 4.76. The molecule has 0 saturated heterocycles. The molecule has 1 radical (unpaired) electrons. The van der Waals surface area contributed by atoms with Crippen LogP contribution in [0.25, 0.3) is 0 Å². The van der Waals surface area contributed by atoms with Crippen LogP contribution < -0.4 is 0 Å². The van der Waals surface area contributed by atoms with Crippen LogP contribution in [-0.4, -0.2) is 5.11 Å². The maximum atomic E-state index is 8.74. The average molecular weight is 127 g/mol. The molecule has 0 aromatic carbocycles. The van der Waals surface area contributed by atoms with E-state index in [0.717, 1.165) is 0 Å². The third-order valence-electron chi connectivity index (χ3n) is 2.37. The molecule has 2 unspecified atom stereocenters. The molecule has 1 aliphatic carbocycles. The van der Waals surface area contributed by atoms with E-state index in [-0.39, 0.29) is 0 Å². The van der Waals surface area contributed by atoms with E-state index >= 15 is 0 Å². The molecular weight excluding hydrogens is 112 g/mol. The number of aliphatic hydroxyl groups excluding tert-OH is 1. The van der Waals surface area contributed by atoms with E-state index in [9.17, 15) is 0 Å². The second-order valence-electron chi connectivity index (χ2n) is 3.07. The minimum absolute atomic E-state index is 0.485. The Hall–Kier alpha value is -0.0400. The van der Waals surface area contributed by atoms with Crippen LogP contribution in [0, 0.1) is 18.4 Å². The Bertz CT molecular complexity index is 80.6. The Labute approximate surface area is 57.1 Å². The molecule has 0 spiro atoms. The number of aliphatic hydroxyl groups is 1. The van der Waals surface area contributed by atoms with Crippen LogP contribution in [0.3, 0.4) is 0 Å². The van der Waals surface area contributed by atoms with Crippen molar-refractivity contribution in [2.75, 3.05) is 0 Å². The van der Waals surface area contributed by atoms with Crippen LogP contribution in [0.2, 0.25) is 0 Å². The Morgan fingerprint density at radius 1 is 1.33 bits per heavy atom. The fourth-order valence-corrected chi connectivity index (χ4v) is 1.57. The molecule has 1 nitrogen and oxygen atoms in total. The summed E-state index contributed by atoms with van der Waals surface area (Å²) in [5, 5.41) is 8.74. The van der Waals surface area contributed by atoms with E-state index in [1.807, 2.05) is 0 Å². The molecule has 1 N–H and O–H groups in total. The molecule has 2 atom stereocenters. The van der Waals surface area contributed by atoms with Gasteiger partial charge in [-0.25, -0.2) is 0 Å². The van der Waals surface area contributed by atoms with Gasteiger partial charge in [-0.05, 0) is 18.3 Å². The monoisotopic (exact) mass is 127 g/mol. The lowest BCUT2D eigenvalue weighted by Gasteiger charge is -2.26. The molecule has 0 amide bonds. The van der Waals surface area contributed by atoms with Crippen LogP contribution >= 0.6 is 0 Å². The van der Waals surface area contributed by atoms with Crippen LogP contribution in [0.5, 0.6) is 0 Å². The second-order valence-corrected chi connectivity index (χ2v) is 3.07. The van der Waals surface area contributed by atoms with Crippen molar-refractivity contribution in [3.63, 3.8) is 0 Å². The van der Waals surface area contributed by atoms with Crippen molar-refractivity contribution < 1.29 is 5.11 Å². The van der Waals surface area contributed by atoms with Gasteiger partial charge in [-0.2, -0.15) is 0 Å². The third kappa shape index (κ3) is 1.68. The number of hydrogen-bond donors (Lipinski definition) is 1. The topological polar surface area (TPSA) is 20.2 Å². The molecule has 1 heteroatoms. The zero-order valence-electron chi connectivity index (χ0n) is 6.01. The number of hydrogen-bond acceptors (Lipinski definition) is 1. The standard InChI is InChI=1S/C8H15O/c1-7-4-2-3-5-8(7)6-9/h6-9H,2-5H2,1H3. The van der Waals surface area contributed by atoms with Gasteiger partial charge >= 0.3 is 0 Å². The summed E-state index contributed by atoms with van der Waals surface area (Å²) in [6.45, 7) is 3.60. The zero-order valence-corrected chi connectivity index (χ0v) is 6.01. The van der Waals surface area contributed by atoms with Crippen molar-refractivity contribution in [1.29, 1.82) is 0 Å². The van der Waals surface area contributed by atoms with Gasteiger partial charge in [0.2, 0.25) is 0 Å². The van der Waals surface area contributed by atoms with E-state index in [0.29, 0.717) is 11.8 Å². The fourth-order valence-electron chi connectivity index (χ4n) is 1.57. The SMILES string of the molecule is CC1CCCCC1[CH]O. The van der Waals surface area contributed by atoms with Gasteiger partial charge in [-0.1, -0.05) is 26.2 Å². The van der Waals surface area contributed by atoms with Crippen molar-refractivity contribution >= 4 is 0 Å². The van der Waals surface area contributed by atoms with Crippen LogP contribution in [0.1, 0.15) is 32.6 Å². The molecule has 0 aromatic rings. The van der Waals surface area contributed by atoms with Gasteiger partial charge in [-0.15, -0.1) is 0 Å². The highest BCUT2D eigenvalue weighted by Crippen LogP contribution is 2.30. The molecule has 53 valence electrons. The molecule has 1 saturated carbocycles. The Morgan fingerprint density at radius 2 is 2.00 bits per heavy atom. The van der Waals surface area contributed by atoms with Crippen LogP contribution in [0.15, 0.2) is 0 Å². The van der Waals surface area contributed by atoms with E-state index in [1.54, 1.807) is 0 Å². The molecule has 1 rings (SSSR count). The summed E-state index contributed by atoms with van der Waals surface area (Å²) in [5.74, 6) is 1.20. The van der Waals surface area contributed by atoms with E-state index in [4.69, 9.17) is 5.11 Å². The lowest BCUT2D eigenvalue weighted by atomic mass is 9.81. The molecule has 0 heterocycles. The summed E-state index contributed by atoms with van der Waals surface area (Å²) in [6, 6.07) is 0. The fraction of sp³-hybridized carbons (Fsp3) is 0.875. The first-order valence-electron chi connectivity index (χ1n) is 3.82. The molecule has 0 aliphatic heterocycles. The van der Waals surface area contributed by atoms with Gasteiger partial charge in [0.1, 0.15) is 0 Å². The predicted octanol–water partition coefficient (Wildman–Crippen LogP) is 2.35. The van der Waals surface area contributed by atoms with Gasteiger partial charge < -0.3 is 5.11 Å². The zero-order chi connectivity index (χ0) is 6.69. The highest BCUT2D eigenvalue weighted by Gasteiger charge is 2.19. The van der Waals surface area contributed by atoms with Gasteiger partial charge in [-0.3, -0.25) is 0 Å². The molecular formula is C8H15O. The largest absolute Gasteiger partial charge is 0.390 e. The summed E-state index contributed by atoms with van der Waals surface area (Å²) >= 11 is 0. The molecule has 1 fully saturated rings. The quantitative estimate of drug-likeness (QED) is 0.573. The van der Waals surface area contributed by atoms with Crippen molar-refractivity contribution in [2.24, 2.45) is 11.8 Å². The first-order chi connectivity index (χ1) is 4.34. The van der Waals surface area contributed by atoms with Crippen molar-refractivity contribution in [2.45, 2.75) is 32.6 Å². The van der Waals surface area contributed by atoms with E-state index in [1.165, 1.54) is 32.3 Å². The Kier molecular flexibility index (Phi) is 2.52. The maximum Gasteiger partial charge on any atom is 0.0832 e. The van der Waals surface area contributed by atoms with Crippen molar-refractivity contribution in [1.82, 2.24) is 0 Å². The molecule has 0 bridgehead atoms. The first-order valence-corrected chi connectivity index (χ1v) is 3.82. The second kappa shape index (κ2) is 3.21. The first kappa shape index (κ1) is 7.07. The van der Waals surface area contributed by atoms with Crippen LogP contribution in [-0.2, 0) is 0 Å². The van der Waals surface area contributed by atoms with E-state index < -0.39 is 0 Å². The van der Waals surface area contributed by atoms with Gasteiger partial charge in [0, 0.05) is 0 Å². The normalized spacial score (nSPS) is 36.7. The van der Waals surface area contributed by atoms with Gasteiger partial charge in [0.05, 0.1) is 6.61 Å². The van der Waals surface area contributed by atoms with Crippen LogP contribution in [0.4, 0.5) is 0 Å². The van der Waals surface area contributed by atoms with Crippen molar-refractivity contribution in [3.8, 4) is 0 Å². The lowest BCUT2D eigenvalue weighted by Crippen LogP contribution is -2.16. The molecule has 1 aliphatic rings. The summed E-state index contributed by atoms with van der Waals surface area (Å²) < 4.78 is 0. The highest BCUT2D eigenvalue weighted by atomic mass is 16.3. The molecule has 9 heavy (non-hydrogen) atoms. The summed E-state index contributed by atoms with van der Waals surface area (Å²) in [6.07, 6.45) is 5.14. The predicted molar refractivity (Wildman–Crippen MR) is 37.4 cm³/mol. The molecule has 0 aromatic heterocycles. The smallest absolute Gasteiger partial charge is 0.0832 e. The van der Waals surface area contributed by atoms with E-state index in [2.05, 4.69) is 6.92 Å².